The SMILES string of the molecule is Cc1ccc(Cc2ccc(F)cc2)cc1Cl. The highest BCUT2D eigenvalue weighted by Gasteiger charge is 2.00. The van der Waals surface area contributed by atoms with Gasteiger partial charge in [-0.15, -0.1) is 0 Å². The van der Waals surface area contributed by atoms with Crippen molar-refractivity contribution >= 4 is 11.6 Å². The van der Waals surface area contributed by atoms with Crippen LogP contribution in [0.4, 0.5) is 4.39 Å². The highest BCUT2D eigenvalue weighted by atomic mass is 35.5. The van der Waals surface area contributed by atoms with E-state index in [1.165, 1.54) is 12.1 Å². The van der Waals surface area contributed by atoms with E-state index in [0.29, 0.717) is 0 Å². The van der Waals surface area contributed by atoms with Gasteiger partial charge in [0.2, 0.25) is 0 Å². The maximum atomic E-state index is 12.7. The lowest BCUT2D eigenvalue weighted by Crippen LogP contribution is -1.89. The normalized spacial score (nSPS) is 10.4. The van der Waals surface area contributed by atoms with Crippen LogP contribution in [0.3, 0.4) is 0 Å². The summed E-state index contributed by atoms with van der Waals surface area (Å²) in [6, 6.07) is 12.6. The molecule has 0 bridgehead atoms. The van der Waals surface area contributed by atoms with Crippen LogP contribution in [0.25, 0.3) is 0 Å². The molecule has 0 unspecified atom stereocenters. The third kappa shape index (κ3) is 2.61. The van der Waals surface area contributed by atoms with E-state index in [-0.39, 0.29) is 5.82 Å². The van der Waals surface area contributed by atoms with Crippen molar-refractivity contribution in [3.63, 3.8) is 0 Å². The number of benzene rings is 2. The summed E-state index contributed by atoms with van der Waals surface area (Å²) in [6.07, 6.45) is 0.778. The molecule has 2 heteroatoms. The Bertz CT molecular complexity index is 489. The minimum absolute atomic E-state index is 0.203. The molecule has 0 aliphatic carbocycles. The van der Waals surface area contributed by atoms with E-state index in [9.17, 15) is 4.39 Å². The molecular weight excluding hydrogens is 223 g/mol. The minimum atomic E-state index is -0.203. The molecule has 0 aromatic heterocycles. The Balaban J connectivity index is 2.20. The van der Waals surface area contributed by atoms with Crippen LogP contribution in [0.5, 0.6) is 0 Å². The van der Waals surface area contributed by atoms with Crippen molar-refractivity contribution in [3.8, 4) is 0 Å². The smallest absolute Gasteiger partial charge is 0.123 e. The van der Waals surface area contributed by atoms with Crippen molar-refractivity contribution in [1.29, 1.82) is 0 Å². The largest absolute Gasteiger partial charge is 0.207 e. The molecule has 0 saturated heterocycles. The first-order chi connectivity index (χ1) is 7.65. The van der Waals surface area contributed by atoms with Gasteiger partial charge in [-0.3, -0.25) is 0 Å². The maximum absolute atomic E-state index is 12.7. The van der Waals surface area contributed by atoms with Gasteiger partial charge in [0.05, 0.1) is 0 Å². The van der Waals surface area contributed by atoms with Gasteiger partial charge in [-0.2, -0.15) is 0 Å². The van der Waals surface area contributed by atoms with E-state index in [1.807, 2.05) is 25.1 Å². The molecule has 0 fully saturated rings. The second-order valence-electron chi connectivity index (χ2n) is 3.89. The molecule has 2 aromatic rings. The molecule has 0 nitrogen and oxygen atoms in total. The predicted octanol–water partition coefficient (Wildman–Crippen LogP) is 4.38. The molecule has 0 spiro atoms. The van der Waals surface area contributed by atoms with Gasteiger partial charge in [0.15, 0.2) is 0 Å². The fourth-order valence-corrected chi connectivity index (χ4v) is 1.79. The van der Waals surface area contributed by atoms with Gasteiger partial charge in [-0.05, 0) is 48.2 Å². The zero-order chi connectivity index (χ0) is 11.5. The molecule has 0 heterocycles. The van der Waals surface area contributed by atoms with Crippen LogP contribution >= 0.6 is 11.6 Å². The van der Waals surface area contributed by atoms with E-state index in [0.717, 1.165) is 28.1 Å². The van der Waals surface area contributed by atoms with Crippen LogP contribution in [0, 0.1) is 12.7 Å². The summed E-state index contributed by atoms with van der Waals surface area (Å²) in [7, 11) is 0. The second kappa shape index (κ2) is 4.67. The third-order valence-corrected chi connectivity index (χ3v) is 2.96. The molecule has 0 aliphatic rings. The van der Waals surface area contributed by atoms with E-state index in [1.54, 1.807) is 12.1 Å². The van der Waals surface area contributed by atoms with Gasteiger partial charge in [0.25, 0.3) is 0 Å². The lowest BCUT2D eigenvalue weighted by molar-refractivity contribution is 0.627. The highest BCUT2D eigenvalue weighted by Crippen LogP contribution is 2.19. The van der Waals surface area contributed by atoms with Gasteiger partial charge >= 0.3 is 0 Å². The molecule has 16 heavy (non-hydrogen) atoms. The van der Waals surface area contributed by atoms with Crippen molar-refractivity contribution in [2.75, 3.05) is 0 Å². The monoisotopic (exact) mass is 234 g/mol. The van der Waals surface area contributed by atoms with Crippen LogP contribution in [0.15, 0.2) is 42.5 Å². The van der Waals surface area contributed by atoms with Crippen LogP contribution in [-0.4, -0.2) is 0 Å². The van der Waals surface area contributed by atoms with E-state index < -0.39 is 0 Å². The first-order valence-corrected chi connectivity index (χ1v) is 5.52. The molecule has 82 valence electrons. The quantitative estimate of drug-likeness (QED) is 0.724. The zero-order valence-corrected chi connectivity index (χ0v) is 9.76. The van der Waals surface area contributed by atoms with E-state index in [2.05, 4.69) is 0 Å². The van der Waals surface area contributed by atoms with Crippen molar-refractivity contribution < 1.29 is 4.39 Å². The molecule has 2 rings (SSSR count). The van der Waals surface area contributed by atoms with Crippen LogP contribution in [-0.2, 0) is 6.42 Å². The Morgan fingerprint density at radius 1 is 1.00 bits per heavy atom. The molecule has 0 amide bonds. The fraction of sp³-hybridized carbons (Fsp3) is 0.143. The van der Waals surface area contributed by atoms with E-state index in [4.69, 9.17) is 11.6 Å². The Hall–Kier alpha value is -1.34. The topological polar surface area (TPSA) is 0 Å². The maximum Gasteiger partial charge on any atom is 0.123 e. The second-order valence-corrected chi connectivity index (χ2v) is 4.29. The fourth-order valence-electron chi connectivity index (χ4n) is 1.58. The third-order valence-electron chi connectivity index (χ3n) is 2.56. The van der Waals surface area contributed by atoms with Crippen LogP contribution in [0.2, 0.25) is 5.02 Å². The standard InChI is InChI=1S/C14H12ClF/c1-10-2-3-12(9-14(10)15)8-11-4-6-13(16)7-5-11/h2-7,9H,8H2,1H3. The molecule has 0 atom stereocenters. The van der Waals surface area contributed by atoms with Gasteiger partial charge in [-0.25, -0.2) is 4.39 Å². The van der Waals surface area contributed by atoms with Crippen LogP contribution in [0.1, 0.15) is 16.7 Å². The van der Waals surface area contributed by atoms with Crippen molar-refractivity contribution in [1.82, 2.24) is 0 Å². The number of hydrogen-bond acceptors (Lipinski definition) is 0. The minimum Gasteiger partial charge on any atom is -0.207 e. The Kier molecular flexibility index (Phi) is 3.25. The number of hydrogen-bond donors (Lipinski definition) is 0. The van der Waals surface area contributed by atoms with E-state index >= 15 is 0 Å². The number of rotatable bonds is 2. The summed E-state index contributed by atoms with van der Waals surface area (Å²) < 4.78 is 12.7. The average Bonchev–Trinajstić information content (AvgIpc) is 2.27. The Morgan fingerprint density at radius 2 is 1.62 bits per heavy atom. The molecule has 2 aromatic carbocycles. The van der Waals surface area contributed by atoms with Gasteiger partial charge < -0.3 is 0 Å². The summed E-state index contributed by atoms with van der Waals surface area (Å²) in [4.78, 5) is 0. The number of halogens is 2. The lowest BCUT2D eigenvalue weighted by Gasteiger charge is -2.04. The van der Waals surface area contributed by atoms with Gasteiger partial charge in [0, 0.05) is 5.02 Å². The highest BCUT2D eigenvalue weighted by molar-refractivity contribution is 6.31. The molecule has 0 saturated carbocycles. The average molecular weight is 235 g/mol. The summed E-state index contributed by atoms with van der Waals surface area (Å²) in [6.45, 7) is 1.98. The van der Waals surface area contributed by atoms with Crippen molar-refractivity contribution in [2.45, 2.75) is 13.3 Å². The summed E-state index contributed by atoms with van der Waals surface area (Å²) in [5.41, 5.74) is 3.30. The lowest BCUT2D eigenvalue weighted by atomic mass is 10.0. The molecule has 0 N–H and O–H groups in total. The van der Waals surface area contributed by atoms with Gasteiger partial charge in [0.1, 0.15) is 5.82 Å². The Labute approximate surface area is 99.7 Å². The van der Waals surface area contributed by atoms with Crippen molar-refractivity contribution in [3.05, 3.63) is 70.0 Å². The number of aryl methyl sites for hydroxylation is 1. The first kappa shape index (κ1) is 11.2. The molecule has 0 aliphatic heterocycles. The zero-order valence-electron chi connectivity index (χ0n) is 9.00. The Morgan fingerprint density at radius 3 is 2.25 bits per heavy atom. The van der Waals surface area contributed by atoms with Gasteiger partial charge in [-0.1, -0.05) is 35.9 Å². The van der Waals surface area contributed by atoms with Crippen molar-refractivity contribution in [2.24, 2.45) is 0 Å². The summed E-state index contributed by atoms with van der Waals surface area (Å²) >= 11 is 6.05. The summed E-state index contributed by atoms with van der Waals surface area (Å²) in [5, 5.41) is 0.777. The van der Waals surface area contributed by atoms with Crippen LogP contribution < -0.4 is 0 Å². The molecule has 0 radical (unpaired) electrons. The summed E-state index contributed by atoms with van der Waals surface area (Å²) in [5.74, 6) is -0.203. The first-order valence-electron chi connectivity index (χ1n) is 5.14. The molecular formula is C14H12ClF. The predicted molar refractivity (Wildman–Crippen MR) is 65.4 cm³/mol.